The lowest BCUT2D eigenvalue weighted by Gasteiger charge is -2.33. The lowest BCUT2D eigenvalue weighted by atomic mass is 9.97. The molecule has 124 valence electrons. The van der Waals surface area contributed by atoms with Gasteiger partial charge in [-0.2, -0.15) is 0 Å². The molecule has 3 heterocycles. The maximum absolute atomic E-state index is 12.2. The molecule has 1 aliphatic rings. The Morgan fingerprint density at radius 2 is 2.35 bits per heavy atom. The van der Waals surface area contributed by atoms with Gasteiger partial charge in [-0.3, -0.25) is 4.79 Å². The summed E-state index contributed by atoms with van der Waals surface area (Å²) < 4.78 is 25.5. The number of aryl methyl sites for hydroxylation is 1. The average Bonchev–Trinajstić information content (AvgIpc) is 2.94. The van der Waals surface area contributed by atoms with Gasteiger partial charge in [0, 0.05) is 13.1 Å². The summed E-state index contributed by atoms with van der Waals surface area (Å²) in [5.41, 5.74) is 2.04. The minimum Gasteiger partial charge on any atom is -0.355 e. The van der Waals surface area contributed by atoms with Gasteiger partial charge in [0.15, 0.2) is 0 Å². The van der Waals surface area contributed by atoms with Crippen LogP contribution >= 0.6 is 11.3 Å². The van der Waals surface area contributed by atoms with Crippen molar-refractivity contribution < 1.29 is 13.6 Å². The highest BCUT2D eigenvalue weighted by molar-refractivity contribution is 7.18. The van der Waals surface area contributed by atoms with E-state index in [1.165, 1.54) is 6.33 Å². The van der Waals surface area contributed by atoms with Crippen molar-refractivity contribution in [2.45, 2.75) is 26.2 Å². The van der Waals surface area contributed by atoms with Crippen LogP contribution in [-0.2, 0) is 4.79 Å². The maximum Gasteiger partial charge on any atom is 0.255 e. The molecule has 1 saturated heterocycles. The molecule has 0 bridgehead atoms. The van der Waals surface area contributed by atoms with Crippen molar-refractivity contribution in [1.29, 1.82) is 0 Å². The fourth-order valence-electron chi connectivity index (χ4n) is 2.89. The molecule has 1 aliphatic heterocycles. The van der Waals surface area contributed by atoms with Gasteiger partial charge < -0.3 is 10.2 Å². The summed E-state index contributed by atoms with van der Waals surface area (Å²) in [4.78, 5) is 22.8. The fraction of sp³-hybridized carbons (Fsp3) is 0.533. The molecule has 1 amide bonds. The number of carbonyl (C=O) groups excluding carboxylic acids is 1. The van der Waals surface area contributed by atoms with Crippen molar-refractivity contribution >= 4 is 33.3 Å². The number of carbonyl (C=O) groups is 1. The number of anilines is 1. The van der Waals surface area contributed by atoms with Crippen LogP contribution in [0.5, 0.6) is 0 Å². The van der Waals surface area contributed by atoms with Crippen LogP contribution < -0.4 is 10.2 Å². The minimum atomic E-state index is -2.52. The summed E-state index contributed by atoms with van der Waals surface area (Å²) in [6.07, 6.45) is 0.568. The second-order valence-corrected chi connectivity index (χ2v) is 6.59. The van der Waals surface area contributed by atoms with E-state index in [2.05, 4.69) is 20.2 Å². The molecule has 1 unspecified atom stereocenters. The van der Waals surface area contributed by atoms with E-state index in [9.17, 15) is 13.6 Å². The lowest BCUT2D eigenvalue weighted by Crippen LogP contribution is -2.44. The molecule has 1 atom stereocenters. The molecule has 2 aromatic heterocycles. The summed E-state index contributed by atoms with van der Waals surface area (Å²) in [6, 6.07) is 0. The molecule has 2 aromatic rings. The van der Waals surface area contributed by atoms with Crippen LogP contribution in [0.4, 0.5) is 14.6 Å². The Morgan fingerprint density at radius 3 is 3.13 bits per heavy atom. The third-order valence-electron chi connectivity index (χ3n) is 4.03. The summed E-state index contributed by atoms with van der Waals surface area (Å²) in [7, 11) is 0. The van der Waals surface area contributed by atoms with Crippen molar-refractivity contribution in [2.75, 3.05) is 24.5 Å². The van der Waals surface area contributed by atoms with Gasteiger partial charge in [-0.1, -0.05) is 0 Å². The van der Waals surface area contributed by atoms with Gasteiger partial charge in [-0.05, 0) is 30.7 Å². The molecule has 23 heavy (non-hydrogen) atoms. The summed E-state index contributed by atoms with van der Waals surface area (Å²) >= 11 is 1.59. The molecule has 0 radical (unpaired) electrons. The van der Waals surface area contributed by atoms with Crippen molar-refractivity contribution in [3.8, 4) is 0 Å². The summed E-state index contributed by atoms with van der Waals surface area (Å²) in [5.74, 6) is 0.246. The van der Waals surface area contributed by atoms with Crippen LogP contribution in [0.3, 0.4) is 0 Å². The first kappa shape index (κ1) is 16.0. The Labute approximate surface area is 136 Å². The molecule has 0 saturated carbocycles. The van der Waals surface area contributed by atoms with Crippen LogP contribution in [0, 0.1) is 12.8 Å². The van der Waals surface area contributed by atoms with Crippen LogP contribution in [0.1, 0.15) is 18.4 Å². The maximum atomic E-state index is 12.2. The van der Waals surface area contributed by atoms with Gasteiger partial charge in [0.25, 0.3) is 6.43 Å². The van der Waals surface area contributed by atoms with Gasteiger partial charge in [-0.15, -0.1) is 11.3 Å². The first-order valence-corrected chi connectivity index (χ1v) is 8.44. The minimum absolute atomic E-state index is 0.284. The number of halogens is 2. The number of hydrogen-bond acceptors (Lipinski definition) is 5. The van der Waals surface area contributed by atoms with E-state index in [4.69, 9.17) is 0 Å². The smallest absolute Gasteiger partial charge is 0.255 e. The second kappa shape index (κ2) is 6.74. The van der Waals surface area contributed by atoms with E-state index >= 15 is 0 Å². The molecule has 3 rings (SSSR count). The Kier molecular flexibility index (Phi) is 4.70. The van der Waals surface area contributed by atoms with Crippen molar-refractivity contribution in [3.63, 3.8) is 0 Å². The highest BCUT2D eigenvalue weighted by Gasteiger charge is 2.28. The van der Waals surface area contributed by atoms with E-state index in [1.54, 1.807) is 11.3 Å². The number of rotatable bonds is 4. The number of alkyl halides is 2. The largest absolute Gasteiger partial charge is 0.355 e. The van der Waals surface area contributed by atoms with Gasteiger partial charge >= 0.3 is 0 Å². The number of nitrogens with one attached hydrogen (secondary N) is 1. The van der Waals surface area contributed by atoms with Crippen molar-refractivity contribution in [1.82, 2.24) is 15.3 Å². The number of fused-ring (bicyclic) bond motifs is 1. The Morgan fingerprint density at radius 1 is 1.52 bits per heavy atom. The van der Waals surface area contributed by atoms with Gasteiger partial charge in [0.05, 0.1) is 22.7 Å². The normalized spacial score (nSPS) is 18.6. The van der Waals surface area contributed by atoms with Crippen LogP contribution in [-0.4, -0.2) is 41.9 Å². The average molecular weight is 340 g/mol. The third kappa shape index (κ3) is 3.41. The SMILES string of the molecule is Cc1csc2c(N3CCCC(C(=O)NCC(F)F)C3)ncnc12. The first-order valence-electron chi connectivity index (χ1n) is 7.56. The van der Waals surface area contributed by atoms with E-state index < -0.39 is 13.0 Å². The first-order chi connectivity index (χ1) is 11.1. The molecule has 8 heteroatoms. The zero-order chi connectivity index (χ0) is 16.4. The van der Waals surface area contributed by atoms with Crippen molar-refractivity contribution in [2.24, 2.45) is 5.92 Å². The molecular formula is C15H18F2N4OS. The second-order valence-electron chi connectivity index (χ2n) is 5.72. The molecule has 0 aliphatic carbocycles. The lowest BCUT2D eigenvalue weighted by molar-refractivity contribution is -0.125. The topological polar surface area (TPSA) is 58.1 Å². The highest BCUT2D eigenvalue weighted by Crippen LogP contribution is 2.32. The predicted molar refractivity (Wildman–Crippen MR) is 86.1 cm³/mol. The fourth-order valence-corrected chi connectivity index (χ4v) is 3.91. The number of piperidine rings is 1. The van der Waals surface area contributed by atoms with Crippen LogP contribution in [0.15, 0.2) is 11.7 Å². The van der Waals surface area contributed by atoms with Gasteiger partial charge in [0.2, 0.25) is 5.91 Å². The summed E-state index contributed by atoms with van der Waals surface area (Å²) in [5, 5.41) is 4.36. The zero-order valence-corrected chi connectivity index (χ0v) is 13.6. The third-order valence-corrected chi connectivity index (χ3v) is 5.12. The van der Waals surface area contributed by atoms with E-state index in [0.717, 1.165) is 34.6 Å². The Bertz CT molecular complexity index is 706. The van der Waals surface area contributed by atoms with E-state index in [-0.39, 0.29) is 11.8 Å². The zero-order valence-electron chi connectivity index (χ0n) is 12.8. The number of nitrogens with zero attached hydrogens (tertiary/aromatic N) is 3. The van der Waals surface area contributed by atoms with Gasteiger partial charge in [0.1, 0.15) is 12.1 Å². The number of thiophene rings is 1. The Balaban J connectivity index is 1.76. The number of aromatic nitrogens is 2. The standard InChI is InChI=1S/C15H18F2N4OS/c1-9-7-23-13-12(9)19-8-20-14(13)21-4-2-3-10(6-21)15(22)18-5-11(16)17/h7-8,10-11H,2-6H2,1H3,(H,18,22). The highest BCUT2D eigenvalue weighted by atomic mass is 32.1. The monoisotopic (exact) mass is 340 g/mol. The predicted octanol–water partition coefficient (Wildman–Crippen LogP) is 2.60. The number of amides is 1. The van der Waals surface area contributed by atoms with Crippen molar-refractivity contribution in [3.05, 3.63) is 17.3 Å². The quantitative estimate of drug-likeness (QED) is 0.929. The van der Waals surface area contributed by atoms with Gasteiger partial charge in [-0.25, -0.2) is 18.7 Å². The molecule has 1 N–H and O–H groups in total. The van der Waals surface area contributed by atoms with E-state index in [0.29, 0.717) is 13.0 Å². The molecule has 5 nitrogen and oxygen atoms in total. The van der Waals surface area contributed by atoms with Crippen LogP contribution in [0.2, 0.25) is 0 Å². The molecule has 1 fully saturated rings. The molecule has 0 spiro atoms. The Hall–Kier alpha value is -1.83. The molecular weight excluding hydrogens is 322 g/mol. The van der Waals surface area contributed by atoms with Crippen LogP contribution in [0.25, 0.3) is 10.2 Å². The van der Waals surface area contributed by atoms with E-state index in [1.807, 2.05) is 12.3 Å². The summed E-state index contributed by atoms with van der Waals surface area (Å²) in [6.45, 7) is 2.73. The molecule has 0 aromatic carbocycles. The number of hydrogen-bond donors (Lipinski definition) is 1.